The fraction of sp³-hybridized carbons (Fsp3) is 0.667. The first-order valence-electron chi connectivity index (χ1n) is 3.76. The average molecular weight is 138 g/mol. The van der Waals surface area contributed by atoms with Gasteiger partial charge in [-0.1, -0.05) is 19.1 Å². The molecule has 0 bridgehead atoms. The fourth-order valence-corrected chi connectivity index (χ4v) is 1.55. The lowest BCUT2D eigenvalue weighted by Crippen LogP contribution is -2.15. The van der Waals surface area contributed by atoms with Crippen molar-refractivity contribution >= 4 is 6.29 Å². The molecule has 1 aliphatic rings. The molecule has 1 fully saturated rings. The molecule has 2 atom stereocenters. The van der Waals surface area contributed by atoms with Gasteiger partial charge in [-0.25, -0.2) is 0 Å². The van der Waals surface area contributed by atoms with E-state index in [4.69, 9.17) is 0 Å². The molecule has 1 heteroatoms. The minimum Gasteiger partial charge on any atom is -0.302 e. The molecule has 0 aromatic heterocycles. The standard InChI is InChI=1S/C9H14O/c1-7-4-5-9(3,6-10)8(7)2/h6-7H,2,4-5H2,1,3H3. The van der Waals surface area contributed by atoms with Crippen molar-refractivity contribution < 1.29 is 4.79 Å². The molecule has 1 aliphatic carbocycles. The van der Waals surface area contributed by atoms with Gasteiger partial charge in [0.2, 0.25) is 0 Å². The van der Waals surface area contributed by atoms with Crippen LogP contribution < -0.4 is 0 Å². The Morgan fingerprint density at radius 2 is 2.40 bits per heavy atom. The molecule has 0 aromatic rings. The molecule has 1 nitrogen and oxygen atoms in total. The Morgan fingerprint density at radius 3 is 2.60 bits per heavy atom. The minimum atomic E-state index is -0.209. The van der Waals surface area contributed by atoms with Gasteiger partial charge < -0.3 is 4.79 Å². The summed E-state index contributed by atoms with van der Waals surface area (Å²) in [5, 5.41) is 0. The molecule has 10 heavy (non-hydrogen) atoms. The summed E-state index contributed by atoms with van der Waals surface area (Å²) in [6.45, 7) is 8.04. The van der Waals surface area contributed by atoms with Crippen molar-refractivity contribution in [2.75, 3.05) is 0 Å². The van der Waals surface area contributed by atoms with E-state index in [-0.39, 0.29) is 5.41 Å². The van der Waals surface area contributed by atoms with Crippen LogP contribution in [0.5, 0.6) is 0 Å². The van der Waals surface area contributed by atoms with E-state index >= 15 is 0 Å². The number of aldehydes is 1. The second-order valence-electron chi connectivity index (χ2n) is 3.50. The second kappa shape index (κ2) is 2.22. The molecule has 0 aromatic carbocycles. The van der Waals surface area contributed by atoms with E-state index < -0.39 is 0 Å². The molecule has 1 rings (SSSR count). The van der Waals surface area contributed by atoms with Crippen molar-refractivity contribution in [2.45, 2.75) is 26.7 Å². The summed E-state index contributed by atoms with van der Waals surface area (Å²) in [6.07, 6.45) is 3.14. The van der Waals surface area contributed by atoms with Crippen LogP contribution in [0.15, 0.2) is 12.2 Å². The maximum Gasteiger partial charge on any atom is 0.129 e. The predicted molar refractivity (Wildman–Crippen MR) is 41.7 cm³/mol. The third-order valence-electron chi connectivity index (χ3n) is 2.69. The van der Waals surface area contributed by atoms with Crippen molar-refractivity contribution in [1.82, 2.24) is 0 Å². The van der Waals surface area contributed by atoms with Crippen LogP contribution >= 0.6 is 0 Å². The molecule has 0 amide bonds. The highest BCUT2D eigenvalue weighted by Gasteiger charge is 2.36. The largest absolute Gasteiger partial charge is 0.302 e. The lowest BCUT2D eigenvalue weighted by molar-refractivity contribution is -0.113. The Morgan fingerprint density at radius 1 is 1.80 bits per heavy atom. The van der Waals surface area contributed by atoms with E-state index in [1.165, 1.54) is 0 Å². The first-order valence-corrected chi connectivity index (χ1v) is 3.76. The van der Waals surface area contributed by atoms with Crippen LogP contribution in [0.4, 0.5) is 0 Å². The van der Waals surface area contributed by atoms with Crippen LogP contribution in [0.1, 0.15) is 26.7 Å². The second-order valence-corrected chi connectivity index (χ2v) is 3.50. The van der Waals surface area contributed by atoms with Crippen LogP contribution in [0.2, 0.25) is 0 Å². The van der Waals surface area contributed by atoms with Crippen LogP contribution in [0, 0.1) is 11.3 Å². The van der Waals surface area contributed by atoms with Crippen molar-refractivity contribution in [2.24, 2.45) is 11.3 Å². The zero-order valence-electron chi connectivity index (χ0n) is 6.68. The van der Waals surface area contributed by atoms with E-state index in [1.54, 1.807) is 0 Å². The molecule has 0 aliphatic heterocycles. The fourth-order valence-electron chi connectivity index (χ4n) is 1.55. The van der Waals surface area contributed by atoms with Gasteiger partial charge in [-0.05, 0) is 25.7 Å². The number of rotatable bonds is 1. The van der Waals surface area contributed by atoms with Gasteiger partial charge in [0, 0.05) is 5.41 Å². The number of carbonyl (C=O) groups is 1. The summed E-state index contributed by atoms with van der Waals surface area (Å²) in [6, 6.07) is 0. The molecule has 0 radical (unpaired) electrons. The van der Waals surface area contributed by atoms with E-state index in [1.807, 2.05) is 6.92 Å². The lowest BCUT2D eigenvalue weighted by Gasteiger charge is -2.17. The highest BCUT2D eigenvalue weighted by Crippen LogP contribution is 2.43. The molecular weight excluding hydrogens is 124 g/mol. The highest BCUT2D eigenvalue weighted by atomic mass is 16.1. The average Bonchev–Trinajstić information content (AvgIpc) is 2.19. The van der Waals surface area contributed by atoms with Crippen LogP contribution in [-0.2, 0) is 4.79 Å². The summed E-state index contributed by atoms with van der Waals surface area (Å²) >= 11 is 0. The topological polar surface area (TPSA) is 17.1 Å². The first-order chi connectivity index (χ1) is 4.60. The third kappa shape index (κ3) is 0.898. The summed E-state index contributed by atoms with van der Waals surface area (Å²) < 4.78 is 0. The van der Waals surface area contributed by atoms with Crippen molar-refractivity contribution in [3.05, 3.63) is 12.2 Å². The molecule has 0 N–H and O–H groups in total. The molecule has 1 saturated carbocycles. The summed E-state index contributed by atoms with van der Waals surface area (Å²) in [5.74, 6) is 0.537. The first kappa shape index (κ1) is 7.52. The maximum atomic E-state index is 10.6. The lowest BCUT2D eigenvalue weighted by atomic mass is 9.85. The van der Waals surface area contributed by atoms with Crippen LogP contribution in [0.25, 0.3) is 0 Å². The van der Waals surface area contributed by atoms with E-state index in [0.29, 0.717) is 5.92 Å². The normalized spacial score (nSPS) is 40.2. The van der Waals surface area contributed by atoms with Gasteiger partial charge in [-0.2, -0.15) is 0 Å². The smallest absolute Gasteiger partial charge is 0.129 e. The molecule has 0 spiro atoms. The molecule has 0 saturated heterocycles. The Labute approximate surface area is 62.1 Å². The molecule has 0 heterocycles. The van der Waals surface area contributed by atoms with Crippen molar-refractivity contribution in [3.63, 3.8) is 0 Å². The van der Waals surface area contributed by atoms with Gasteiger partial charge >= 0.3 is 0 Å². The molecule has 2 unspecified atom stereocenters. The number of hydrogen-bond acceptors (Lipinski definition) is 1. The zero-order valence-corrected chi connectivity index (χ0v) is 6.68. The Bertz CT molecular complexity index is 172. The van der Waals surface area contributed by atoms with Gasteiger partial charge in [0.1, 0.15) is 6.29 Å². The van der Waals surface area contributed by atoms with Crippen molar-refractivity contribution in [1.29, 1.82) is 0 Å². The van der Waals surface area contributed by atoms with Crippen LogP contribution in [-0.4, -0.2) is 6.29 Å². The van der Waals surface area contributed by atoms with Gasteiger partial charge in [0.25, 0.3) is 0 Å². The maximum absolute atomic E-state index is 10.6. The van der Waals surface area contributed by atoms with Gasteiger partial charge in [0.15, 0.2) is 0 Å². The zero-order chi connectivity index (χ0) is 7.78. The predicted octanol–water partition coefficient (Wildman–Crippen LogP) is 2.18. The van der Waals surface area contributed by atoms with Crippen molar-refractivity contribution in [3.8, 4) is 0 Å². The van der Waals surface area contributed by atoms with E-state index in [0.717, 1.165) is 24.7 Å². The summed E-state index contributed by atoms with van der Waals surface area (Å²) in [5.41, 5.74) is 0.905. The number of hydrogen-bond donors (Lipinski definition) is 0. The van der Waals surface area contributed by atoms with E-state index in [9.17, 15) is 4.79 Å². The highest BCUT2D eigenvalue weighted by molar-refractivity contribution is 5.65. The van der Waals surface area contributed by atoms with Crippen LogP contribution in [0.3, 0.4) is 0 Å². The summed E-state index contributed by atoms with van der Waals surface area (Å²) in [7, 11) is 0. The quantitative estimate of drug-likeness (QED) is 0.401. The Kier molecular flexibility index (Phi) is 1.67. The molecule has 56 valence electrons. The van der Waals surface area contributed by atoms with Gasteiger partial charge in [-0.3, -0.25) is 0 Å². The van der Waals surface area contributed by atoms with Gasteiger partial charge in [0.05, 0.1) is 0 Å². The number of carbonyl (C=O) groups excluding carboxylic acids is 1. The monoisotopic (exact) mass is 138 g/mol. The Hall–Kier alpha value is -0.590. The minimum absolute atomic E-state index is 0.209. The number of allylic oxidation sites excluding steroid dienone is 1. The van der Waals surface area contributed by atoms with E-state index in [2.05, 4.69) is 13.5 Å². The SMILES string of the molecule is C=C1C(C)CCC1(C)C=O. The molecular formula is C9H14O. The third-order valence-corrected chi connectivity index (χ3v) is 2.69. The Balaban J connectivity index is 2.83. The van der Waals surface area contributed by atoms with Gasteiger partial charge in [-0.15, -0.1) is 0 Å². The summed E-state index contributed by atoms with van der Waals surface area (Å²) in [4.78, 5) is 10.6.